The Kier molecular flexibility index (Phi) is 3.83. The lowest BCUT2D eigenvalue weighted by Gasteiger charge is -2.16. The minimum absolute atomic E-state index is 0.0110. The van der Waals surface area contributed by atoms with Crippen LogP contribution >= 0.6 is 0 Å². The van der Waals surface area contributed by atoms with E-state index in [1.165, 1.54) is 6.33 Å². The SMILES string of the molecule is CCC(O)C(C)c1cc(OC)ncn1. The third-order valence-electron chi connectivity index (χ3n) is 2.33. The minimum atomic E-state index is -0.366. The second-order valence-corrected chi connectivity index (χ2v) is 3.25. The van der Waals surface area contributed by atoms with Crippen molar-refractivity contribution >= 4 is 0 Å². The molecule has 14 heavy (non-hydrogen) atoms. The first kappa shape index (κ1) is 10.9. The smallest absolute Gasteiger partial charge is 0.216 e. The molecule has 1 aromatic rings. The lowest BCUT2D eigenvalue weighted by molar-refractivity contribution is 0.143. The number of ether oxygens (including phenoxy) is 1. The Morgan fingerprint density at radius 2 is 2.21 bits per heavy atom. The normalized spacial score (nSPS) is 14.9. The Hall–Kier alpha value is -1.16. The van der Waals surface area contributed by atoms with E-state index in [9.17, 15) is 5.11 Å². The molecule has 0 spiro atoms. The van der Waals surface area contributed by atoms with Crippen LogP contribution in [0.4, 0.5) is 0 Å². The Morgan fingerprint density at radius 3 is 2.79 bits per heavy atom. The molecule has 0 aliphatic rings. The van der Waals surface area contributed by atoms with Gasteiger partial charge in [0.2, 0.25) is 5.88 Å². The number of aromatic nitrogens is 2. The molecule has 0 amide bonds. The van der Waals surface area contributed by atoms with Gasteiger partial charge in [-0.2, -0.15) is 0 Å². The first-order chi connectivity index (χ1) is 6.69. The van der Waals surface area contributed by atoms with Crippen LogP contribution in [0.1, 0.15) is 31.9 Å². The predicted octanol–water partition coefficient (Wildman–Crippen LogP) is 1.36. The number of aliphatic hydroxyl groups excluding tert-OH is 1. The summed E-state index contributed by atoms with van der Waals surface area (Å²) in [5.41, 5.74) is 0.811. The number of methoxy groups -OCH3 is 1. The summed E-state index contributed by atoms with van der Waals surface area (Å²) in [7, 11) is 1.56. The molecule has 2 unspecified atom stereocenters. The number of hydrogen-bond acceptors (Lipinski definition) is 4. The van der Waals surface area contributed by atoms with E-state index in [1.807, 2.05) is 13.8 Å². The third-order valence-corrected chi connectivity index (χ3v) is 2.33. The zero-order valence-electron chi connectivity index (χ0n) is 8.77. The van der Waals surface area contributed by atoms with E-state index >= 15 is 0 Å². The molecular formula is C10H16N2O2. The van der Waals surface area contributed by atoms with E-state index in [2.05, 4.69) is 9.97 Å². The van der Waals surface area contributed by atoms with Gasteiger partial charge in [-0.05, 0) is 6.42 Å². The summed E-state index contributed by atoms with van der Waals surface area (Å²) in [4.78, 5) is 8.02. The summed E-state index contributed by atoms with van der Waals surface area (Å²) in [6, 6.07) is 1.75. The average Bonchev–Trinajstić information content (AvgIpc) is 2.27. The molecule has 4 heteroatoms. The highest BCUT2D eigenvalue weighted by atomic mass is 16.5. The maximum Gasteiger partial charge on any atom is 0.216 e. The fourth-order valence-electron chi connectivity index (χ4n) is 1.26. The summed E-state index contributed by atoms with van der Waals surface area (Å²) < 4.78 is 4.99. The van der Waals surface area contributed by atoms with Gasteiger partial charge in [0.25, 0.3) is 0 Å². The van der Waals surface area contributed by atoms with Gasteiger partial charge in [0.05, 0.1) is 18.9 Å². The molecule has 1 aromatic heterocycles. The summed E-state index contributed by atoms with van der Waals surface area (Å²) in [5, 5.41) is 9.64. The van der Waals surface area contributed by atoms with Crippen molar-refractivity contribution in [2.45, 2.75) is 32.3 Å². The third kappa shape index (κ3) is 2.42. The van der Waals surface area contributed by atoms with Gasteiger partial charge in [-0.15, -0.1) is 0 Å². The van der Waals surface area contributed by atoms with E-state index in [0.717, 1.165) is 5.69 Å². The molecule has 0 fully saturated rings. The molecule has 0 aliphatic heterocycles. The largest absolute Gasteiger partial charge is 0.481 e. The van der Waals surface area contributed by atoms with Gasteiger partial charge >= 0.3 is 0 Å². The van der Waals surface area contributed by atoms with Crippen molar-refractivity contribution in [2.75, 3.05) is 7.11 Å². The molecule has 0 saturated carbocycles. The summed E-state index contributed by atoms with van der Waals surface area (Å²) >= 11 is 0. The van der Waals surface area contributed by atoms with Gasteiger partial charge in [0, 0.05) is 12.0 Å². The first-order valence-electron chi connectivity index (χ1n) is 4.73. The molecule has 0 bridgehead atoms. The maximum absolute atomic E-state index is 9.64. The van der Waals surface area contributed by atoms with Crippen molar-refractivity contribution in [2.24, 2.45) is 0 Å². The standard InChI is InChI=1S/C10H16N2O2/c1-4-9(13)7(2)8-5-10(14-3)12-6-11-8/h5-7,9,13H,4H2,1-3H3. The maximum atomic E-state index is 9.64. The lowest BCUT2D eigenvalue weighted by Crippen LogP contribution is -2.15. The molecule has 1 rings (SSSR count). The van der Waals surface area contributed by atoms with Gasteiger partial charge < -0.3 is 9.84 Å². The zero-order chi connectivity index (χ0) is 10.6. The lowest BCUT2D eigenvalue weighted by atomic mass is 9.99. The van der Waals surface area contributed by atoms with Gasteiger partial charge in [-0.25, -0.2) is 9.97 Å². The fourth-order valence-corrected chi connectivity index (χ4v) is 1.26. The Labute approximate surface area is 84.0 Å². The molecule has 0 saturated heterocycles. The van der Waals surface area contributed by atoms with E-state index < -0.39 is 0 Å². The molecule has 0 aliphatic carbocycles. The monoisotopic (exact) mass is 196 g/mol. The van der Waals surface area contributed by atoms with Crippen LogP contribution in [0.5, 0.6) is 5.88 Å². The quantitative estimate of drug-likeness (QED) is 0.790. The molecule has 2 atom stereocenters. The second kappa shape index (κ2) is 4.91. The first-order valence-corrected chi connectivity index (χ1v) is 4.73. The van der Waals surface area contributed by atoms with Crippen molar-refractivity contribution < 1.29 is 9.84 Å². The number of hydrogen-bond donors (Lipinski definition) is 1. The molecule has 1 heterocycles. The fraction of sp³-hybridized carbons (Fsp3) is 0.600. The Bertz CT molecular complexity index is 291. The van der Waals surface area contributed by atoms with E-state index in [4.69, 9.17) is 4.74 Å². The van der Waals surface area contributed by atoms with E-state index in [1.54, 1.807) is 13.2 Å². The van der Waals surface area contributed by atoms with Crippen LogP contribution in [-0.2, 0) is 0 Å². The van der Waals surface area contributed by atoms with Crippen molar-refractivity contribution in [3.05, 3.63) is 18.1 Å². The van der Waals surface area contributed by atoms with Gasteiger partial charge in [0.1, 0.15) is 6.33 Å². The molecule has 0 radical (unpaired) electrons. The van der Waals surface area contributed by atoms with Crippen molar-refractivity contribution in [1.29, 1.82) is 0 Å². The molecule has 4 nitrogen and oxygen atoms in total. The average molecular weight is 196 g/mol. The van der Waals surface area contributed by atoms with Crippen molar-refractivity contribution in [1.82, 2.24) is 9.97 Å². The van der Waals surface area contributed by atoms with Crippen LogP contribution in [0.3, 0.4) is 0 Å². The molecule has 78 valence electrons. The second-order valence-electron chi connectivity index (χ2n) is 3.25. The van der Waals surface area contributed by atoms with Gasteiger partial charge in [-0.1, -0.05) is 13.8 Å². The summed E-state index contributed by atoms with van der Waals surface area (Å²) in [5.74, 6) is 0.544. The number of nitrogens with zero attached hydrogens (tertiary/aromatic N) is 2. The van der Waals surface area contributed by atoms with Crippen molar-refractivity contribution in [3.63, 3.8) is 0 Å². The van der Waals surface area contributed by atoms with Crippen LogP contribution < -0.4 is 4.74 Å². The molecule has 0 aromatic carbocycles. The summed E-state index contributed by atoms with van der Waals surface area (Å²) in [6.07, 6.45) is 1.80. The highest BCUT2D eigenvalue weighted by Crippen LogP contribution is 2.20. The topological polar surface area (TPSA) is 55.2 Å². The Balaban J connectivity index is 2.83. The zero-order valence-corrected chi connectivity index (χ0v) is 8.77. The van der Waals surface area contributed by atoms with Crippen LogP contribution in [0.2, 0.25) is 0 Å². The van der Waals surface area contributed by atoms with Gasteiger partial charge in [0.15, 0.2) is 0 Å². The highest BCUT2D eigenvalue weighted by molar-refractivity contribution is 5.17. The van der Waals surface area contributed by atoms with Crippen LogP contribution in [0.25, 0.3) is 0 Å². The van der Waals surface area contributed by atoms with Crippen LogP contribution in [0.15, 0.2) is 12.4 Å². The van der Waals surface area contributed by atoms with Crippen LogP contribution in [0, 0.1) is 0 Å². The minimum Gasteiger partial charge on any atom is -0.481 e. The van der Waals surface area contributed by atoms with E-state index in [0.29, 0.717) is 12.3 Å². The van der Waals surface area contributed by atoms with Crippen LogP contribution in [-0.4, -0.2) is 28.3 Å². The number of rotatable bonds is 4. The summed E-state index contributed by atoms with van der Waals surface area (Å²) in [6.45, 7) is 3.88. The highest BCUT2D eigenvalue weighted by Gasteiger charge is 2.16. The van der Waals surface area contributed by atoms with Gasteiger partial charge in [-0.3, -0.25) is 0 Å². The van der Waals surface area contributed by atoms with E-state index in [-0.39, 0.29) is 12.0 Å². The van der Waals surface area contributed by atoms with Crippen molar-refractivity contribution in [3.8, 4) is 5.88 Å². The predicted molar refractivity (Wildman–Crippen MR) is 53.3 cm³/mol. The molecule has 1 N–H and O–H groups in total. The molecular weight excluding hydrogens is 180 g/mol. The Morgan fingerprint density at radius 1 is 1.50 bits per heavy atom. The number of aliphatic hydroxyl groups is 1.